The molecule has 2 rings (SSSR count). The molecule has 1 aromatic carbocycles. The number of nitriles is 1. The number of aryl methyl sites for hydroxylation is 1. The van der Waals surface area contributed by atoms with E-state index in [2.05, 4.69) is 31.0 Å². The second kappa shape index (κ2) is 5.62. The third kappa shape index (κ3) is 2.89. The average molecular weight is 267 g/mol. The van der Waals surface area contributed by atoms with Crippen molar-refractivity contribution in [2.24, 2.45) is 0 Å². The Balaban J connectivity index is 2.39. The van der Waals surface area contributed by atoms with Crippen molar-refractivity contribution in [3.05, 3.63) is 47.2 Å². The van der Waals surface area contributed by atoms with E-state index >= 15 is 0 Å². The topological polar surface area (TPSA) is 71.9 Å². The molecule has 1 heterocycles. The van der Waals surface area contributed by atoms with Crippen LogP contribution in [0.4, 0.5) is 5.69 Å². The van der Waals surface area contributed by atoms with Crippen LogP contribution in [0.2, 0.25) is 0 Å². The molecule has 0 aliphatic carbocycles. The highest BCUT2D eigenvalue weighted by Crippen LogP contribution is 2.32. The van der Waals surface area contributed by atoms with E-state index in [4.69, 9.17) is 15.7 Å². The number of hydrogen-bond donors (Lipinski definition) is 1. The summed E-state index contributed by atoms with van der Waals surface area (Å²) in [7, 11) is 0. The minimum atomic E-state index is 0.330. The Kier molecular flexibility index (Phi) is 3.90. The molecule has 1 aromatic heterocycles. The average Bonchev–Trinajstić information content (AvgIpc) is 2.40. The number of benzene rings is 1. The molecule has 20 heavy (non-hydrogen) atoms. The van der Waals surface area contributed by atoms with Crippen molar-refractivity contribution in [1.82, 2.24) is 4.98 Å². The number of nitrogens with two attached hydrogens (primary N) is 1. The predicted molar refractivity (Wildman–Crippen MR) is 78.7 cm³/mol. The van der Waals surface area contributed by atoms with Crippen molar-refractivity contribution < 1.29 is 4.74 Å². The van der Waals surface area contributed by atoms with Gasteiger partial charge in [-0.25, -0.2) is 4.98 Å². The van der Waals surface area contributed by atoms with Crippen molar-refractivity contribution >= 4 is 5.69 Å². The van der Waals surface area contributed by atoms with Crippen LogP contribution >= 0.6 is 0 Å². The number of ether oxygens (including phenoxy) is 1. The lowest BCUT2D eigenvalue weighted by Crippen LogP contribution is -1.99. The molecule has 4 heteroatoms. The van der Waals surface area contributed by atoms with Gasteiger partial charge in [-0.1, -0.05) is 26.0 Å². The van der Waals surface area contributed by atoms with E-state index in [9.17, 15) is 0 Å². The van der Waals surface area contributed by atoms with Crippen LogP contribution in [0.5, 0.6) is 11.6 Å². The molecule has 0 fully saturated rings. The van der Waals surface area contributed by atoms with Crippen molar-refractivity contribution in [3.63, 3.8) is 0 Å². The van der Waals surface area contributed by atoms with Crippen LogP contribution in [0.1, 0.15) is 36.5 Å². The molecular weight excluding hydrogens is 250 g/mol. The summed E-state index contributed by atoms with van der Waals surface area (Å²) in [5.74, 6) is 1.42. The van der Waals surface area contributed by atoms with Crippen molar-refractivity contribution in [2.45, 2.75) is 26.7 Å². The molecule has 102 valence electrons. The molecule has 0 saturated carbocycles. The normalized spacial score (nSPS) is 10.3. The Labute approximate surface area is 118 Å². The van der Waals surface area contributed by atoms with E-state index in [-0.39, 0.29) is 0 Å². The van der Waals surface area contributed by atoms with Crippen molar-refractivity contribution in [3.8, 4) is 17.7 Å². The molecule has 0 unspecified atom stereocenters. The van der Waals surface area contributed by atoms with Gasteiger partial charge in [0.25, 0.3) is 0 Å². The van der Waals surface area contributed by atoms with Gasteiger partial charge in [0.2, 0.25) is 5.88 Å². The van der Waals surface area contributed by atoms with Gasteiger partial charge >= 0.3 is 0 Å². The minimum absolute atomic E-state index is 0.330. The largest absolute Gasteiger partial charge is 0.437 e. The van der Waals surface area contributed by atoms with Gasteiger partial charge in [-0.05, 0) is 36.1 Å². The third-order valence-corrected chi connectivity index (χ3v) is 3.01. The van der Waals surface area contributed by atoms with Gasteiger partial charge in [0.05, 0.1) is 11.3 Å². The summed E-state index contributed by atoms with van der Waals surface area (Å²) >= 11 is 0. The Morgan fingerprint density at radius 3 is 2.65 bits per heavy atom. The van der Waals surface area contributed by atoms with E-state index in [0.717, 1.165) is 16.9 Å². The maximum atomic E-state index is 8.81. The van der Waals surface area contributed by atoms with Gasteiger partial charge in [0, 0.05) is 6.20 Å². The van der Waals surface area contributed by atoms with Gasteiger partial charge in [-0.15, -0.1) is 0 Å². The highest BCUT2D eigenvalue weighted by atomic mass is 16.5. The van der Waals surface area contributed by atoms with Crippen molar-refractivity contribution in [1.29, 1.82) is 5.26 Å². The highest BCUT2D eigenvalue weighted by molar-refractivity contribution is 5.54. The molecule has 4 nitrogen and oxygen atoms in total. The fourth-order valence-corrected chi connectivity index (χ4v) is 1.93. The van der Waals surface area contributed by atoms with Gasteiger partial charge in [-0.2, -0.15) is 5.26 Å². The van der Waals surface area contributed by atoms with Crippen LogP contribution in [0.25, 0.3) is 0 Å². The Morgan fingerprint density at radius 2 is 2.05 bits per heavy atom. The Bertz CT molecular complexity index is 672. The molecule has 0 radical (unpaired) electrons. The molecule has 0 aliphatic rings. The summed E-state index contributed by atoms with van der Waals surface area (Å²) in [6.07, 6.45) is 1.45. The second-order valence-electron chi connectivity index (χ2n) is 5.03. The standard InChI is InChI=1S/C16H17N3O/c1-10(2)13-5-4-11(3)6-15(13)20-16-14(18)7-12(8-17)9-19-16/h4-7,9-10H,18H2,1-3H3. The summed E-state index contributed by atoms with van der Waals surface area (Å²) in [6, 6.07) is 9.63. The number of rotatable bonds is 3. The first-order valence-corrected chi connectivity index (χ1v) is 6.45. The molecular formula is C16H17N3O. The summed E-state index contributed by atoms with van der Waals surface area (Å²) in [4.78, 5) is 4.10. The fraction of sp³-hybridized carbons (Fsp3) is 0.250. The molecule has 0 atom stereocenters. The smallest absolute Gasteiger partial charge is 0.242 e. The molecule has 0 saturated heterocycles. The summed E-state index contributed by atoms with van der Waals surface area (Å²) in [5.41, 5.74) is 8.86. The summed E-state index contributed by atoms with van der Waals surface area (Å²) in [5, 5.41) is 8.81. The first-order chi connectivity index (χ1) is 9.51. The van der Waals surface area contributed by atoms with Crippen LogP contribution in [-0.4, -0.2) is 4.98 Å². The lowest BCUT2D eigenvalue weighted by Gasteiger charge is -2.15. The van der Waals surface area contributed by atoms with Crippen LogP contribution in [0.3, 0.4) is 0 Å². The summed E-state index contributed by atoms with van der Waals surface area (Å²) < 4.78 is 5.84. The third-order valence-electron chi connectivity index (χ3n) is 3.01. The van der Waals surface area contributed by atoms with E-state index in [1.54, 1.807) is 6.07 Å². The number of nitrogen functional groups attached to an aromatic ring is 1. The van der Waals surface area contributed by atoms with E-state index in [1.165, 1.54) is 6.20 Å². The summed E-state index contributed by atoms with van der Waals surface area (Å²) in [6.45, 7) is 6.21. The van der Waals surface area contributed by atoms with E-state index < -0.39 is 0 Å². The SMILES string of the molecule is Cc1ccc(C(C)C)c(Oc2ncc(C#N)cc2N)c1. The molecule has 0 aliphatic heterocycles. The molecule has 0 spiro atoms. The van der Waals surface area contributed by atoms with Gasteiger partial charge < -0.3 is 10.5 Å². The van der Waals surface area contributed by atoms with Gasteiger partial charge in [0.15, 0.2) is 0 Å². The van der Waals surface area contributed by atoms with Gasteiger partial charge in [0.1, 0.15) is 11.8 Å². The number of nitrogens with zero attached hydrogens (tertiary/aromatic N) is 2. The quantitative estimate of drug-likeness (QED) is 0.919. The fourth-order valence-electron chi connectivity index (χ4n) is 1.93. The van der Waals surface area contributed by atoms with E-state index in [1.807, 2.05) is 19.1 Å². The highest BCUT2D eigenvalue weighted by Gasteiger charge is 2.12. The Morgan fingerprint density at radius 1 is 1.30 bits per heavy atom. The zero-order valence-corrected chi connectivity index (χ0v) is 11.8. The number of anilines is 1. The molecule has 2 aromatic rings. The zero-order valence-electron chi connectivity index (χ0n) is 11.8. The van der Waals surface area contributed by atoms with Crippen LogP contribution < -0.4 is 10.5 Å². The first-order valence-electron chi connectivity index (χ1n) is 6.45. The predicted octanol–water partition coefficient (Wildman–Crippen LogP) is 3.76. The molecule has 0 amide bonds. The zero-order chi connectivity index (χ0) is 14.7. The second-order valence-corrected chi connectivity index (χ2v) is 5.03. The monoisotopic (exact) mass is 267 g/mol. The van der Waals surface area contributed by atoms with E-state index in [0.29, 0.717) is 23.0 Å². The lowest BCUT2D eigenvalue weighted by atomic mass is 10.0. The lowest BCUT2D eigenvalue weighted by molar-refractivity contribution is 0.456. The number of pyridine rings is 1. The Hall–Kier alpha value is -2.54. The van der Waals surface area contributed by atoms with Crippen LogP contribution in [0.15, 0.2) is 30.5 Å². The minimum Gasteiger partial charge on any atom is -0.437 e. The van der Waals surface area contributed by atoms with Crippen LogP contribution in [0, 0.1) is 18.3 Å². The van der Waals surface area contributed by atoms with Crippen molar-refractivity contribution in [2.75, 3.05) is 5.73 Å². The van der Waals surface area contributed by atoms with Crippen LogP contribution in [-0.2, 0) is 0 Å². The first kappa shape index (κ1) is 13.9. The molecule has 0 bridgehead atoms. The van der Waals surface area contributed by atoms with Gasteiger partial charge in [-0.3, -0.25) is 0 Å². The molecule has 2 N–H and O–H groups in total. The number of hydrogen-bond acceptors (Lipinski definition) is 4. The number of aromatic nitrogens is 1. The maximum Gasteiger partial charge on any atom is 0.242 e. The maximum absolute atomic E-state index is 8.81.